The van der Waals surface area contributed by atoms with Crippen molar-refractivity contribution in [3.8, 4) is 0 Å². The Balaban J connectivity index is 2.59. The molecule has 0 saturated carbocycles. The zero-order chi connectivity index (χ0) is 9.68. The zero-order valence-electron chi connectivity index (χ0n) is 7.34. The second-order valence-corrected chi connectivity index (χ2v) is 7.27. The van der Waals surface area contributed by atoms with Crippen molar-refractivity contribution >= 4 is 46.2 Å². The number of hydrogen-bond acceptors (Lipinski definition) is 1. The van der Waals surface area contributed by atoms with Crippen LogP contribution in [0.25, 0.3) is 0 Å². The second kappa shape index (κ2) is 6.14. The number of hydrogen-bond donors (Lipinski definition) is 0. The van der Waals surface area contributed by atoms with Crippen LogP contribution in [0.3, 0.4) is 0 Å². The highest BCUT2D eigenvalue weighted by Gasteiger charge is 2.02. The van der Waals surface area contributed by atoms with Crippen LogP contribution >= 0.6 is 40.9 Å². The molecule has 0 fully saturated rings. The van der Waals surface area contributed by atoms with Crippen LogP contribution in [-0.4, -0.2) is 5.75 Å². The molecule has 0 saturated heterocycles. The van der Waals surface area contributed by atoms with Crippen LogP contribution in [-0.2, 0) is 0 Å². The molecular formula is C9H11Cl2PS. The molecule has 1 aromatic rings. The van der Waals surface area contributed by atoms with Gasteiger partial charge in [-0.1, -0.05) is 41.5 Å². The highest BCUT2D eigenvalue weighted by atomic mass is 35.9. The molecule has 0 aromatic heterocycles. The monoisotopic (exact) mass is 252 g/mol. The summed E-state index contributed by atoms with van der Waals surface area (Å²) in [6, 6.07) is 8.17. The van der Waals surface area contributed by atoms with Crippen LogP contribution in [0.4, 0.5) is 0 Å². The molecule has 0 aliphatic carbocycles. The molecule has 0 heterocycles. The Kier molecular flexibility index (Phi) is 5.50. The van der Waals surface area contributed by atoms with Crippen molar-refractivity contribution in [2.45, 2.75) is 18.2 Å². The van der Waals surface area contributed by atoms with Gasteiger partial charge in [0.2, 0.25) is 0 Å². The van der Waals surface area contributed by atoms with Crippen molar-refractivity contribution < 1.29 is 0 Å². The Morgan fingerprint density at radius 2 is 1.85 bits per heavy atom. The molecule has 0 aliphatic heterocycles. The summed E-state index contributed by atoms with van der Waals surface area (Å²) in [7, 11) is 0. The highest BCUT2D eigenvalue weighted by molar-refractivity contribution is 8.08. The fourth-order valence-corrected chi connectivity index (χ4v) is 2.69. The zero-order valence-corrected chi connectivity index (χ0v) is 10.6. The molecule has 0 bridgehead atoms. The maximum atomic E-state index is 5.78. The minimum absolute atomic E-state index is 0.986. The van der Waals surface area contributed by atoms with E-state index in [-0.39, 0.29) is 0 Å². The van der Waals surface area contributed by atoms with Gasteiger partial charge < -0.3 is 0 Å². The van der Waals surface area contributed by atoms with Gasteiger partial charge in [0.25, 0.3) is 0 Å². The third-order valence-corrected chi connectivity index (χ3v) is 4.58. The van der Waals surface area contributed by atoms with Gasteiger partial charge in [0.15, 0.2) is 0 Å². The first-order valence-corrected chi connectivity index (χ1v) is 8.22. The van der Waals surface area contributed by atoms with Crippen LogP contribution in [0.15, 0.2) is 29.2 Å². The molecule has 1 aromatic carbocycles. The van der Waals surface area contributed by atoms with E-state index in [1.54, 1.807) is 0 Å². The summed E-state index contributed by atoms with van der Waals surface area (Å²) in [6.07, 6.45) is 1.20. The van der Waals surface area contributed by atoms with Gasteiger partial charge in [-0.05, 0) is 24.3 Å². The first kappa shape index (κ1) is 11.7. The largest absolute Gasteiger partial charge is 0.126 e. The average molecular weight is 253 g/mol. The molecule has 0 nitrogen and oxygen atoms in total. The molecule has 0 unspecified atom stereocenters. The molecule has 1 rings (SSSR count). The van der Waals surface area contributed by atoms with Gasteiger partial charge >= 0.3 is 0 Å². The Bertz CT molecular complexity index is 248. The molecule has 0 amide bonds. The van der Waals surface area contributed by atoms with E-state index in [1.807, 2.05) is 23.9 Å². The lowest BCUT2D eigenvalue weighted by Crippen LogP contribution is -1.92. The van der Waals surface area contributed by atoms with E-state index in [9.17, 15) is 0 Å². The van der Waals surface area contributed by atoms with Gasteiger partial charge in [0.1, 0.15) is 6.63 Å². The lowest BCUT2D eigenvalue weighted by atomic mass is 10.4. The van der Waals surface area contributed by atoms with E-state index in [1.165, 1.54) is 11.3 Å². The number of halogens is 2. The van der Waals surface area contributed by atoms with Crippen molar-refractivity contribution in [2.24, 2.45) is 0 Å². The van der Waals surface area contributed by atoms with Gasteiger partial charge in [0.05, 0.1) is 0 Å². The normalized spacial score (nSPS) is 10.8. The first-order chi connectivity index (χ1) is 6.24. The van der Waals surface area contributed by atoms with Crippen LogP contribution in [0, 0.1) is 0 Å². The molecule has 72 valence electrons. The van der Waals surface area contributed by atoms with Gasteiger partial charge in [-0.25, -0.2) is 0 Å². The summed E-state index contributed by atoms with van der Waals surface area (Å²) in [4.78, 5) is 1.29. The fraction of sp³-hybridized carbons (Fsp3) is 0.333. The summed E-state index contributed by atoms with van der Waals surface area (Å²) in [6.45, 7) is 1.19. The predicted octanol–water partition coefficient (Wildman–Crippen LogP) is 4.60. The van der Waals surface area contributed by atoms with Gasteiger partial charge in [0, 0.05) is 10.2 Å². The van der Waals surface area contributed by atoms with E-state index in [4.69, 9.17) is 22.5 Å². The molecule has 0 N–H and O–H groups in total. The van der Waals surface area contributed by atoms with Crippen LogP contribution in [0.1, 0.15) is 13.3 Å². The maximum Gasteiger partial charge on any atom is 0.116 e. The Morgan fingerprint density at radius 1 is 1.23 bits per heavy atom. The van der Waals surface area contributed by atoms with Crippen molar-refractivity contribution in [3.63, 3.8) is 0 Å². The highest BCUT2D eigenvalue weighted by Crippen LogP contribution is 2.45. The number of rotatable bonds is 4. The molecule has 0 radical (unpaired) electrons. The third-order valence-electron chi connectivity index (χ3n) is 1.50. The second-order valence-electron chi connectivity index (χ2n) is 2.58. The summed E-state index contributed by atoms with van der Waals surface area (Å²) in [5.74, 6) is 1.16. The Labute approximate surface area is 94.3 Å². The maximum absolute atomic E-state index is 5.78. The van der Waals surface area contributed by atoms with Crippen molar-refractivity contribution in [3.05, 3.63) is 24.3 Å². The van der Waals surface area contributed by atoms with E-state index in [2.05, 4.69) is 19.1 Å². The lowest BCUT2D eigenvalue weighted by molar-refractivity contribution is 1.10. The van der Waals surface area contributed by atoms with E-state index in [0.29, 0.717) is 0 Å². The summed E-state index contributed by atoms with van der Waals surface area (Å²) >= 11 is 13.4. The van der Waals surface area contributed by atoms with E-state index in [0.717, 1.165) is 11.1 Å². The summed E-state index contributed by atoms with van der Waals surface area (Å²) < 4.78 is 0. The topological polar surface area (TPSA) is 0 Å². The smallest absolute Gasteiger partial charge is 0.116 e. The van der Waals surface area contributed by atoms with Crippen molar-refractivity contribution in [1.29, 1.82) is 0 Å². The van der Waals surface area contributed by atoms with Gasteiger partial charge in [-0.3, -0.25) is 0 Å². The average Bonchev–Trinajstić information content (AvgIpc) is 2.15. The fourth-order valence-electron chi connectivity index (χ4n) is 0.875. The molecule has 4 heteroatoms. The van der Waals surface area contributed by atoms with Crippen molar-refractivity contribution in [2.75, 3.05) is 5.75 Å². The van der Waals surface area contributed by atoms with Crippen LogP contribution < -0.4 is 5.30 Å². The minimum atomic E-state index is -0.986. The molecular weight excluding hydrogens is 242 g/mol. The number of thioether (sulfide) groups is 1. The molecule has 13 heavy (non-hydrogen) atoms. The molecule has 0 atom stereocenters. The van der Waals surface area contributed by atoms with Gasteiger partial charge in [-0.15, -0.1) is 11.8 Å². The Morgan fingerprint density at radius 3 is 2.31 bits per heavy atom. The van der Waals surface area contributed by atoms with Crippen LogP contribution in [0.2, 0.25) is 0 Å². The standard InChI is InChI=1S/C9H11Cl2PS/c1-2-7-13-9-5-3-8(4-6-9)12(10)11/h3-6H,2,7H2,1H3. The Hall–Kier alpha value is 0.580. The molecule has 0 spiro atoms. The SMILES string of the molecule is CCCSc1ccc(P(Cl)Cl)cc1. The summed E-state index contributed by atoms with van der Waals surface area (Å²) in [5.41, 5.74) is 0. The van der Waals surface area contributed by atoms with E-state index >= 15 is 0 Å². The lowest BCUT2D eigenvalue weighted by Gasteiger charge is -2.02. The van der Waals surface area contributed by atoms with E-state index < -0.39 is 6.63 Å². The third kappa shape index (κ3) is 4.08. The summed E-state index contributed by atoms with van der Waals surface area (Å²) in [5, 5.41) is 1.03. The number of benzene rings is 1. The van der Waals surface area contributed by atoms with Gasteiger partial charge in [-0.2, -0.15) is 0 Å². The predicted molar refractivity (Wildman–Crippen MR) is 65.7 cm³/mol. The first-order valence-electron chi connectivity index (χ1n) is 4.08. The molecule has 0 aliphatic rings. The van der Waals surface area contributed by atoms with Crippen molar-refractivity contribution in [1.82, 2.24) is 0 Å². The van der Waals surface area contributed by atoms with Crippen LogP contribution in [0.5, 0.6) is 0 Å². The quantitative estimate of drug-likeness (QED) is 0.558. The minimum Gasteiger partial charge on any atom is -0.126 e.